The maximum absolute atomic E-state index is 13.9. The van der Waals surface area contributed by atoms with Gasteiger partial charge in [0.15, 0.2) is 0 Å². The Kier molecular flexibility index (Phi) is 7.84. The second-order valence-electron chi connectivity index (χ2n) is 8.04. The highest BCUT2D eigenvalue weighted by Gasteiger charge is 2.20. The number of thioether (sulfide) groups is 1. The summed E-state index contributed by atoms with van der Waals surface area (Å²) in [6.07, 6.45) is 0. The molecule has 1 atom stereocenters. The van der Waals surface area contributed by atoms with E-state index in [4.69, 9.17) is 0 Å². The SMILES string of the molecule is Cc1ccc(-c2csc(NC(=O)C(C)Sc3cccc(NC(=O)c4ccccc4F)c3)c2C#N)cc1. The molecule has 0 aliphatic carbocycles. The molecule has 0 bridgehead atoms. The van der Waals surface area contributed by atoms with E-state index in [1.165, 1.54) is 41.3 Å². The molecule has 5 nitrogen and oxygen atoms in total. The van der Waals surface area contributed by atoms with Gasteiger partial charge in [-0.25, -0.2) is 4.39 Å². The number of amides is 2. The van der Waals surface area contributed by atoms with E-state index >= 15 is 0 Å². The van der Waals surface area contributed by atoms with Crippen molar-refractivity contribution in [3.8, 4) is 17.2 Å². The van der Waals surface area contributed by atoms with E-state index in [0.717, 1.165) is 21.6 Å². The summed E-state index contributed by atoms with van der Waals surface area (Å²) in [5.74, 6) is -1.39. The monoisotopic (exact) mass is 515 g/mol. The van der Waals surface area contributed by atoms with Gasteiger partial charge in [0.05, 0.1) is 16.4 Å². The van der Waals surface area contributed by atoms with Crippen molar-refractivity contribution in [1.29, 1.82) is 5.26 Å². The first-order valence-electron chi connectivity index (χ1n) is 11.1. The maximum atomic E-state index is 13.9. The van der Waals surface area contributed by atoms with E-state index < -0.39 is 17.0 Å². The second kappa shape index (κ2) is 11.2. The highest BCUT2D eigenvalue weighted by Crippen LogP contribution is 2.36. The number of nitrogens with one attached hydrogen (secondary N) is 2. The van der Waals surface area contributed by atoms with Crippen LogP contribution in [0.5, 0.6) is 0 Å². The van der Waals surface area contributed by atoms with Crippen LogP contribution in [0, 0.1) is 24.1 Å². The van der Waals surface area contributed by atoms with Crippen LogP contribution in [-0.4, -0.2) is 17.1 Å². The molecule has 1 aromatic heterocycles. The van der Waals surface area contributed by atoms with Crippen LogP contribution in [0.3, 0.4) is 0 Å². The molecule has 8 heteroatoms. The van der Waals surface area contributed by atoms with Crippen molar-refractivity contribution in [1.82, 2.24) is 0 Å². The van der Waals surface area contributed by atoms with Gasteiger partial charge in [-0.2, -0.15) is 5.26 Å². The fraction of sp³-hybridized carbons (Fsp3) is 0.107. The van der Waals surface area contributed by atoms with Gasteiger partial charge in [0.25, 0.3) is 5.91 Å². The largest absolute Gasteiger partial charge is 0.322 e. The zero-order chi connectivity index (χ0) is 25.7. The maximum Gasteiger partial charge on any atom is 0.258 e. The topological polar surface area (TPSA) is 82.0 Å². The van der Waals surface area contributed by atoms with Crippen molar-refractivity contribution < 1.29 is 14.0 Å². The number of nitriles is 1. The summed E-state index contributed by atoms with van der Waals surface area (Å²) in [5.41, 5.74) is 3.73. The van der Waals surface area contributed by atoms with Crippen molar-refractivity contribution in [2.45, 2.75) is 24.0 Å². The van der Waals surface area contributed by atoms with Crippen LogP contribution in [0.1, 0.15) is 28.4 Å². The molecule has 36 heavy (non-hydrogen) atoms. The minimum atomic E-state index is -0.596. The van der Waals surface area contributed by atoms with Gasteiger partial charge in [0.1, 0.15) is 16.9 Å². The quantitative estimate of drug-likeness (QED) is 0.257. The molecule has 2 N–H and O–H groups in total. The van der Waals surface area contributed by atoms with Gasteiger partial charge in [-0.1, -0.05) is 48.0 Å². The number of hydrogen-bond acceptors (Lipinski definition) is 5. The number of anilines is 2. The Morgan fingerprint density at radius 3 is 2.50 bits per heavy atom. The number of thiophene rings is 1. The molecule has 0 saturated carbocycles. The highest BCUT2D eigenvalue weighted by atomic mass is 32.2. The van der Waals surface area contributed by atoms with E-state index in [1.54, 1.807) is 31.2 Å². The Morgan fingerprint density at radius 2 is 1.78 bits per heavy atom. The van der Waals surface area contributed by atoms with Crippen molar-refractivity contribution in [2.75, 3.05) is 10.6 Å². The van der Waals surface area contributed by atoms with Gasteiger partial charge >= 0.3 is 0 Å². The Labute approximate surface area is 217 Å². The van der Waals surface area contributed by atoms with E-state index in [2.05, 4.69) is 16.7 Å². The van der Waals surface area contributed by atoms with Crippen LogP contribution in [0.15, 0.2) is 83.1 Å². The lowest BCUT2D eigenvalue weighted by Gasteiger charge is -2.13. The van der Waals surface area contributed by atoms with E-state index in [0.29, 0.717) is 16.3 Å². The third-order valence-electron chi connectivity index (χ3n) is 5.39. The molecule has 180 valence electrons. The number of hydrogen-bond donors (Lipinski definition) is 2. The lowest BCUT2D eigenvalue weighted by Crippen LogP contribution is -2.22. The van der Waals surface area contributed by atoms with Crippen LogP contribution in [0.4, 0.5) is 15.1 Å². The molecular weight excluding hydrogens is 493 g/mol. The minimum absolute atomic E-state index is 0.0439. The molecule has 4 aromatic rings. The molecule has 2 amide bonds. The molecule has 1 heterocycles. The molecule has 0 aliphatic rings. The van der Waals surface area contributed by atoms with Crippen LogP contribution in [0.2, 0.25) is 0 Å². The molecule has 0 spiro atoms. The molecule has 1 unspecified atom stereocenters. The van der Waals surface area contributed by atoms with Gasteiger partial charge in [0, 0.05) is 21.5 Å². The van der Waals surface area contributed by atoms with E-state index in [1.807, 2.05) is 42.6 Å². The van der Waals surface area contributed by atoms with Gasteiger partial charge in [0.2, 0.25) is 5.91 Å². The number of nitrogens with zero attached hydrogens (tertiary/aromatic N) is 1. The van der Waals surface area contributed by atoms with Gasteiger partial charge in [-0.3, -0.25) is 9.59 Å². The van der Waals surface area contributed by atoms with Crippen molar-refractivity contribution in [2.24, 2.45) is 0 Å². The second-order valence-corrected chi connectivity index (χ2v) is 10.3. The number of carbonyl (C=O) groups is 2. The molecule has 0 radical (unpaired) electrons. The van der Waals surface area contributed by atoms with E-state index in [-0.39, 0.29) is 11.5 Å². The van der Waals surface area contributed by atoms with Crippen LogP contribution in [0.25, 0.3) is 11.1 Å². The predicted octanol–water partition coefficient (Wildman–Crippen LogP) is 7.11. The standard InChI is InChI=1S/C28H22FN3O2S2/c1-17-10-12-19(13-11-17)24-16-35-28(23(24)15-30)32-26(33)18(2)36-21-7-5-6-20(14-21)31-27(34)22-8-3-4-9-25(22)29/h3-14,16,18H,1-2H3,(H,31,34)(H,32,33). The Morgan fingerprint density at radius 1 is 1.03 bits per heavy atom. The first kappa shape index (κ1) is 25.2. The fourth-order valence-corrected chi connectivity index (χ4v) is 5.32. The molecule has 3 aromatic carbocycles. The number of rotatable bonds is 7. The van der Waals surface area contributed by atoms with Crippen LogP contribution >= 0.6 is 23.1 Å². The average molecular weight is 516 g/mol. The Bertz CT molecular complexity index is 1460. The Hall–Kier alpha value is -3.93. The van der Waals surface area contributed by atoms with Crippen LogP contribution in [-0.2, 0) is 4.79 Å². The summed E-state index contributed by atoms with van der Waals surface area (Å²) >= 11 is 2.63. The summed E-state index contributed by atoms with van der Waals surface area (Å²) in [5, 5.41) is 17.2. The number of halogens is 1. The third-order valence-corrected chi connectivity index (χ3v) is 7.38. The number of benzene rings is 3. The van der Waals surface area contributed by atoms with Crippen molar-refractivity contribution >= 4 is 45.6 Å². The van der Waals surface area contributed by atoms with Crippen molar-refractivity contribution in [3.63, 3.8) is 0 Å². The normalized spacial score (nSPS) is 11.4. The van der Waals surface area contributed by atoms with Crippen molar-refractivity contribution in [3.05, 3.63) is 101 Å². The molecule has 0 fully saturated rings. The Balaban J connectivity index is 1.43. The average Bonchev–Trinajstić information content (AvgIpc) is 3.27. The minimum Gasteiger partial charge on any atom is -0.322 e. The zero-order valence-corrected chi connectivity index (χ0v) is 21.2. The molecule has 4 rings (SSSR count). The summed E-state index contributed by atoms with van der Waals surface area (Å²) in [6, 6.07) is 22.9. The smallest absolute Gasteiger partial charge is 0.258 e. The zero-order valence-electron chi connectivity index (χ0n) is 19.5. The lowest BCUT2D eigenvalue weighted by atomic mass is 10.0. The summed E-state index contributed by atoms with van der Waals surface area (Å²) in [6.45, 7) is 3.77. The lowest BCUT2D eigenvalue weighted by molar-refractivity contribution is -0.115. The summed E-state index contributed by atoms with van der Waals surface area (Å²) in [7, 11) is 0. The number of carbonyl (C=O) groups excluding carboxylic acids is 2. The highest BCUT2D eigenvalue weighted by molar-refractivity contribution is 8.00. The van der Waals surface area contributed by atoms with E-state index in [9.17, 15) is 19.2 Å². The first-order chi connectivity index (χ1) is 17.4. The fourth-order valence-electron chi connectivity index (χ4n) is 3.47. The summed E-state index contributed by atoms with van der Waals surface area (Å²) < 4.78 is 13.9. The molecule has 0 aliphatic heterocycles. The van der Waals surface area contributed by atoms with Gasteiger partial charge < -0.3 is 10.6 Å². The molecule has 0 saturated heterocycles. The number of aryl methyl sites for hydroxylation is 1. The first-order valence-corrected chi connectivity index (χ1v) is 12.8. The predicted molar refractivity (Wildman–Crippen MR) is 144 cm³/mol. The molecular formula is C28H22FN3O2S2. The summed E-state index contributed by atoms with van der Waals surface area (Å²) in [4.78, 5) is 26.1. The van der Waals surface area contributed by atoms with Gasteiger partial charge in [-0.05, 0) is 49.7 Å². The third kappa shape index (κ3) is 5.82. The van der Waals surface area contributed by atoms with Gasteiger partial charge in [-0.15, -0.1) is 23.1 Å². The van der Waals surface area contributed by atoms with Crippen LogP contribution < -0.4 is 10.6 Å².